The maximum absolute atomic E-state index is 5.48. The van der Waals surface area contributed by atoms with E-state index in [0.29, 0.717) is 31.1 Å². The molecule has 1 aromatic heterocycles. The molecule has 0 aliphatic heterocycles. The van der Waals surface area contributed by atoms with Crippen molar-refractivity contribution in [1.29, 1.82) is 0 Å². The fourth-order valence-corrected chi connectivity index (χ4v) is 1.21. The van der Waals surface area contributed by atoms with Crippen molar-refractivity contribution in [2.45, 2.75) is 13.3 Å². The number of aromatic nitrogens is 3. The summed E-state index contributed by atoms with van der Waals surface area (Å²) in [6, 6.07) is 0.334. The molecule has 1 N–H and O–H groups in total. The summed E-state index contributed by atoms with van der Waals surface area (Å²) in [6.45, 7) is 3.92. The van der Waals surface area contributed by atoms with Crippen LogP contribution in [0.1, 0.15) is 13.3 Å². The van der Waals surface area contributed by atoms with Gasteiger partial charge in [0.25, 0.3) is 0 Å². The van der Waals surface area contributed by atoms with Crippen molar-refractivity contribution in [3.63, 3.8) is 0 Å². The van der Waals surface area contributed by atoms with Crippen molar-refractivity contribution >= 4 is 11.9 Å². The van der Waals surface area contributed by atoms with Crippen LogP contribution in [0.2, 0.25) is 0 Å². The zero-order chi connectivity index (χ0) is 13.4. The van der Waals surface area contributed by atoms with Gasteiger partial charge in [-0.1, -0.05) is 0 Å². The van der Waals surface area contributed by atoms with Crippen molar-refractivity contribution in [3.8, 4) is 6.01 Å². The highest BCUT2D eigenvalue weighted by Crippen LogP contribution is 2.13. The second-order valence-corrected chi connectivity index (χ2v) is 3.86. The summed E-state index contributed by atoms with van der Waals surface area (Å²) in [5.74, 6) is 1.10. The topological polar surface area (TPSA) is 72.4 Å². The average molecular weight is 255 g/mol. The van der Waals surface area contributed by atoms with Gasteiger partial charge in [-0.2, -0.15) is 15.0 Å². The molecule has 0 atom stereocenters. The Labute approximate surface area is 108 Å². The molecule has 1 aromatic rings. The fraction of sp³-hybridized carbons (Fsp3) is 0.727. The van der Waals surface area contributed by atoms with Crippen LogP contribution in [-0.4, -0.2) is 55.9 Å². The van der Waals surface area contributed by atoms with Crippen LogP contribution in [0.4, 0.5) is 11.9 Å². The van der Waals surface area contributed by atoms with Gasteiger partial charge in [0.05, 0.1) is 6.61 Å². The summed E-state index contributed by atoms with van der Waals surface area (Å²) in [6.07, 6.45) is 0.802. The van der Waals surface area contributed by atoms with Gasteiger partial charge in [-0.25, -0.2) is 0 Å². The normalized spacial score (nSPS) is 10.2. The minimum Gasteiger partial charge on any atom is -0.463 e. The molecule has 0 aliphatic rings. The quantitative estimate of drug-likeness (QED) is 0.688. The van der Waals surface area contributed by atoms with Crippen LogP contribution in [-0.2, 0) is 4.74 Å². The molecule has 1 heterocycles. The van der Waals surface area contributed by atoms with E-state index in [1.165, 1.54) is 0 Å². The zero-order valence-corrected chi connectivity index (χ0v) is 11.4. The molecule has 1 rings (SSSR count). The highest BCUT2D eigenvalue weighted by molar-refractivity contribution is 5.36. The highest BCUT2D eigenvalue weighted by atomic mass is 16.5. The summed E-state index contributed by atoms with van der Waals surface area (Å²) in [5, 5.41) is 3.05. The van der Waals surface area contributed by atoms with Crippen LogP contribution in [0.3, 0.4) is 0 Å². The first kappa shape index (κ1) is 14.4. The van der Waals surface area contributed by atoms with E-state index in [0.717, 1.165) is 13.0 Å². The summed E-state index contributed by atoms with van der Waals surface area (Å²) in [5.41, 5.74) is 0. The summed E-state index contributed by atoms with van der Waals surface area (Å²) in [7, 11) is 5.41. The van der Waals surface area contributed by atoms with Gasteiger partial charge in [-0.15, -0.1) is 0 Å². The molecule has 7 nitrogen and oxygen atoms in total. The molecular weight excluding hydrogens is 234 g/mol. The van der Waals surface area contributed by atoms with E-state index in [1.54, 1.807) is 7.11 Å². The first-order valence-electron chi connectivity index (χ1n) is 5.96. The van der Waals surface area contributed by atoms with Crippen molar-refractivity contribution in [2.75, 3.05) is 51.2 Å². The molecule has 0 fully saturated rings. The average Bonchev–Trinajstić information content (AvgIpc) is 2.35. The molecule has 0 spiro atoms. The summed E-state index contributed by atoms with van der Waals surface area (Å²) >= 11 is 0. The van der Waals surface area contributed by atoms with E-state index in [-0.39, 0.29) is 0 Å². The number of hydrogen-bond donors (Lipinski definition) is 1. The number of methoxy groups -OCH3 is 1. The van der Waals surface area contributed by atoms with Gasteiger partial charge in [0.1, 0.15) is 0 Å². The minimum atomic E-state index is 0.334. The molecule has 0 unspecified atom stereocenters. The Kier molecular flexibility index (Phi) is 6.13. The predicted octanol–water partition coefficient (Wildman–Crippen LogP) is 0.785. The minimum absolute atomic E-state index is 0.334. The van der Waals surface area contributed by atoms with Crippen LogP contribution in [0.15, 0.2) is 0 Å². The molecule has 0 bridgehead atoms. The maximum atomic E-state index is 5.48. The summed E-state index contributed by atoms with van der Waals surface area (Å²) < 4.78 is 10.4. The number of ether oxygens (including phenoxy) is 2. The lowest BCUT2D eigenvalue weighted by molar-refractivity contribution is 0.168. The number of nitrogens with one attached hydrogen (secondary N) is 1. The van der Waals surface area contributed by atoms with E-state index >= 15 is 0 Å². The Balaban J connectivity index is 2.69. The Bertz CT molecular complexity index is 359. The van der Waals surface area contributed by atoms with Gasteiger partial charge < -0.3 is 19.7 Å². The summed E-state index contributed by atoms with van der Waals surface area (Å²) in [4.78, 5) is 14.5. The molecule has 0 saturated heterocycles. The second-order valence-electron chi connectivity index (χ2n) is 3.86. The molecule has 0 amide bonds. The van der Waals surface area contributed by atoms with Gasteiger partial charge in [-0.3, -0.25) is 0 Å². The number of nitrogens with zero attached hydrogens (tertiary/aromatic N) is 4. The Morgan fingerprint density at radius 1 is 1.17 bits per heavy atom. The van der Waals surface area contributed by atoms with E-state index in [2.05, 4.69) is 20.3 Å². The van der Waals surface area contributed by atoms with Gasteiger partial charge in [0.2, 0.25) is 11.9 Å². The third kappa shape index (κ3) is 4.70. The smallest absolute Gasteiger partial charge is 0.323 e. The molecular formula is C11H21N5O2. The van der Waals surface area contributed by atoms with Crippen LogP contribution in [0, 0.1) is 0 Å². The Morgan fingerprint density at radius 3 is 2.56 bits per heavy atom. The number of hydrogen-bond acceptors (Lipinski definition) is 7. The van der Waals surface area contributed by atoms with Crippen molar-refractivity contribution in [3.05, 3.63) is 0 Å². The standard InChI is InChI=1S/C11H21N5O2/c1-5-12-9-13-10(16(2)3)15-11(14-9)18-8-6-7-17-4/h5-8H2,1-4H3,(H,12,13,14,15). The van der Waals surface area contributed by atoms with Crippen LogP contribution in [0.25, 0.3) is 0 Å². The third-order valence-corrected chi connectivity index (χ3v) is 2.06. The molecule has 0 aliphatic carbocycles. The predicted molar refractivity (Wildman–Crippen MR) is 70.3 cm³/mol. The monoisotopic (exact) mass is 255 g/mol. The molecule has 0 aromatic carbocycles. The zero-order valence-electron chi connectivity index (χ0n) is 11.4. The van der Waals surface area contributed by atoms with Gasteiger partial charge in [-0.05, 0) is 6.92 Å². The van der Waals surface area contributed by atoms with Crippen molar-refractivity contribution in [1.82, 2.24) is 15.0 Å². The largest absolute Gasteiger partial charge is 0.463 e. The lowest BCUT2D eigenvalue weighted by Crippen LogP contribution is -2.16. The van der Waals surface area contributed by atoms with Gasteiger partial charge >= 0.3 is 6.01 Å². The highest BCUT2D eigenvalue weighted by Gasteiger charge is 2.08. The number of rotatable bonds is 8. The van der Waals surface area contributed by atoms with E-state index in [4.69, 9.17) is 9.47 Å². The van der Waals surface area contributed by atoms with Gasteiger partial charge in [0, 0.05) is 40.8 Å². The van der Waals surface area contributed by atoms with Crippen molar-refractivity contribution < 1.29 is 9.47 Å². The van der Waals surface area contributed by atoms with E-state index < -0.39 is 0 Å². The fourth-order valence-electron chi connectivity index (χ4n) is 1.21. The molecule has 7 heteroatoms. The lowest BCUT2D eigenvalue weighted by Gasteiger charge is -2.13. The SMILES string of the molecule is CCNc1nc(OCCCOC)nc(N(C)C)n1. The lowest BCUT2D eigenvalue weighted by atomic mass is 10.5. The first-order valence-corrected chi connectivity index (χ1v) is 5.96. The molecule has 0 radical (unpaired) electrons. The number of anilines is 2. The molecule has 18 heavy (non-hydrogen) atoms. The van der Waals surface area contributed by atoms with Gasteiger partial charge in [0.15, 0.2) is 0 Å². The third-order valence-electron chi connectivity index (χ3n) is 2.06. The van der Waals surface area contributed by atoms with Crippen molar-refractivity contribution in [2.24, 2.45) is 0 Å². The van der Waals surface area contributed by atoms with Crippen LogP contribution < -0.4 is 15.0 Å². The maximum Gasteiger partial charge on any atom is 0.323 e. The van der Waals surface area contributed by atoms with Crippen LogP contribution >= 0.6 is 0 Å². The molecule has 102 valence electrons. The Hall–Kier alpha value is -1.63. The second kappa shape index (κ2) is 7.65. The Morgan fingerprint density at radius 2 is 1.94 bits per heavy atom. The van der Waals surface area contributed by atoms with E-state index in [9.17, 15) is 0 Å². The first-order chi connectivity index (χ1) is 8.67. The van der Waals surface area contributed by atoms with E-state index in [1.807, 2.05) is 25.9 Å². The molecule has 0 saturated carbocycles. The van der Waals surface area contributed by atoms with Crippen LogP contribution in [0.5, 0.6) is 6.01 Å².